The zero-order chi connectivity index (χ0) is 18.0. The maximum absolute atomic E-state index is 12.4. The SMILES string of the molecule is CCCc1noc2ncc(C(=O)NCc3c(C)cc(C)[nH]c3=O)cc12. The molecule has 3 rings (SSSR count). The molecular weight excluding hydrogens is 320 g/mol. The average molecular weight is 340 g/mol. The molecule has 2 N–H and O–H groups in total. The second-order valence-electron chi connectivity index (χ2n) is 6.08. The fraction of sp³-hybridized carbons (Fsp3) is 0.333. The minimum atomic E-state index is -0.294. The summed E-state index contributed by atoms with van der Waals surface area (Å²) in [7, 11) is 0. The first kappa shape index (κ1) is 16.9. The van der Waals surface area contributed by atoms with Crippen molar-refractivity contribution in [2.75, 3.05) is 0 Å². The highest BCUT2D eigenvalue weighted by Crippen LogP contribution is 2.19. The van der Waals surface area contributed by atoms with Crippen molar-refractivity contribution in [1.82, 2.24) is 20.4 Å². The molecule has 7 nitrogen and oxygen atoms in total. The molecule has 0 fully saturated rings. The van der Waals surface area contributed by atoms with E-state index < -0.39 is 0 Å². The van der Waals surface area contributed by atoms with Crippen LogP contribution in [-0.4, -0.2) is 21.0 Å². The van der Waals surface area contributed by atoms with Gasteiger partial charge in [0.25, 0.3) is 17.2 Å². The van der Waals surface area contributed by atoms with Crippen molar-refractivity contribution in [2.24, 2.45) is 0 Å². The van der Waals surface area contributed by atoms with Gasteiger partial charge in [-0.25, -0.2) is 4.98 Å². The highest BCUT2D eigenvalue weighted by molar-refractivity contribution is 5.96. The number of rotatable bonds is 5. The minimum absolute atomic E-state index is 0.157. The van der Waals surface area contributed by atoms with E-state index in [0.29, 0.717) is 16.8 Å². The number of carbonyl (C=O) groups is 1. The molecule has 3 heterocycles. The molecule has 130 valence electrons. The Bertz CT molecular complexity index is 988. The number of pyridine rings is 2. The number of amides is 1. The summed E-state index contributed by atoms with van der Waals surface area (Å²) in [5.74, 6) is -0.294. The lowest BCUT2D eigenvalue weighted by molar-refractivity contribution is 0.0950. The Kier molecular flexibility index (Phi) is 4.65. The second-order valence-corrected chi connectivity index (χ2v) is 6.08. The smallest absolute Gasteiger partial charge is 0.257 e. The summed E-state index contributed by atoms with van der Waals surface area (Å²) < 4.78 is 5.17. The largest absolute Gasteiger partial charge is 0.348 e. The quantitative estimate of drug-likeness (QED) is 0.743. The molecule has 0 aliphatic rings. The van der Waals surface area contributed by atoms with Crippen LogP contribution in [0.1, 0.15) is 46.2 Å². The van der Waals surface area contributed by atoms with E-state index in [9.17, 15) is 9.59 Å². The minimum Gasteiger partial charge on any atom is -0.348 e. The monoisotopic (exact) mass is 340 g/mol. The predicted molar refractivity (Wildman–Crippen MR) is 93.5 cm³/mol. The van der Waals surface area contributed by atoms with E-state index in [1.54, 1.807) is 6.07 Å². The van der Waals surface area contributed by atoms with Crippen molar-refractivity contribution >= 4 is 17.0 Å². The Labute approximate surface area is 144 Å². The van der Waals surface area contributed by atoms with Crippen molar-refractivity contribution in [1.29, 1.82) is 0 Å². The van der Waals surface area contributed by atoms with Crippen LogP contribution < -0.4 is 10.9 Å². The molecule has 3 aromatic heterocycles. The number of hydrogen-bond acceptors (Lipinski definition) is 5. The standard InChI is InChI=1S/C18H20N4O3/c1-4-5-15-13-7-12(8-20-18(13)25-22-15)16(23)19-9-14-10(2)6-11(3)21-17(14)24/h6-8H,4-5,9H2,1-3H3,(H,19,23)(H,21,24). The summed E-state index contributed by atoms with van der Waals surface area (Å²) in [6.07, 6.45) is 3.13. The van der Waals surface area contributed by atoms with Gasteiger partial charge in [-0.3, -0.25) is 9.59 Å². The molecule has 0 radical (unpaired) electrons. The molecule has 0 saturated carbocycles. The van der Waals surface area contributed by atoms with Crippen LogP contribution in [0.5, 0.6) is 0 Å². The van der Waals surface area contributed by atoms with Gasteiger partial charge < -0.3 is 14.8 Å². The zero-order valence-corrected chi connectivity index (χ0v) is 14.5. The van der Waals surface area contributed by atoms with E-state index in [0.717, 1.165) is 35.2 Å². The number of H-pyrrole nitrogens is 1. The van der Waals surface area contributed by atoms with Crippen LogP contribution in [0.3, 0.4) is 0 Å². The van der Waals surface area contributed by atoms with E-state index in [1.165, 1.54) is 6.20 Å². The normalized spacial score (nSPS) is 11.0. The summed E-state index contributed by atoms with van der Waals surface area (Å²) in [6, 6.07) is 3.61. The lowest BCUT2D eigenvalue weighted by Crippen LogP contribution is -2.28. The van der Waals surface area contributed by atoms with Crippen molar-refractivity contribution in [2.45, 2.75) is 40.2 Å². The van der Waals surface area contributed by atoms with Gasteiger partial charge in [-0.1, -0.05) is 18.5 Å². The zero-order valence-electron chi connectivity index (χ0n) is 14.5. The number of aromatic nitrogens is 3. The van der Waals surface area contributed by atoms with Gasteiger partial charge >= 0.3 is 0 Å². The molecule has 1 amide bonds. The van der Waals surface area contributed by atoms with Crippen LogP contribution in [0, 0.1) is 13.8 Å². The lowest BCUT2D eigenvalue weighted by Gasteiger charge is -2.08. The van der Waals surface area contributed by atoms with E-state index in [-0.39, 0.29) is 18.0 Å². The molecule has 7 heteroatoms. The Hall–Kier alpha value is -2.96. The van der Waals surface area contributed by atoms with E-state index in [2.05, 4.69) is 20.4 Å². The second kappa shape index (κ2) is 6.88. The Morgan fingerprint density at radius 2 is 2.12 bits per heavy atom. The van der Waals surface area contributed by atoms with Crippen LogP contribution in [0.15, 0.2) is 27.6 Å². The molecule has 0 aromatic carbocycles. The number of fused-ring (bicyclic) bond motifs is 1. The Balaban J connectivity index is 1.81. The Morgan fingerprint density at radius 1 is 1.32 bits per heavy atom. The van der Waals surface area contributed by atoms with Crippen LogP contribution in [0.2, 0.25) is 0 Å². The molecular formula is C18H20N4O3. The van der Waals surface area contributed by atoms with Gasteiger partial charge in [0.05, 0.1) is 16.6 Å². The fourth-order valence-corrected chi connectivity index (χ4v) is 2.79. The van der Waals surface area contributed by atoms with Crippen LogP contribution >= 0.6 is 0 Å². The number of nitrogens with zero attached hydrogens (tertiary/aromatic N) is 2. The molecule has 0 unspecified atom stereocenters. The molecule has 0 aliphatic carbocycles. The first-order valence-corrected chi connectivity index (χ1v) is 8.21. The van der Waals surface area contributed by atoms with E-state index in [1.807, 2.05) is 26.8 Å². The first-order chi connectivity index (χ1) is 12.0. The number of nitrogens with one attached hydrogen (secondary N) is 2. The molecule has 0 atom stereocenters. The highest BCUT2D eigenvalue weighted by Gasteiger charge is 2.14. The lowest BCUT2D eigenvalue weighted by atomic mass is 10.1. The van der Waals surface area contributed by atoms with Gasteiger partial charge in [0.1, 0.15) is 0 Å². The molecule has 0 aliphatic heterocycles. The highest BCUT2D eigenvalue weighted by atomic mass is 16.5. The predicted octanol–water partition coefficient (Wildman–Crippen LogP) is 2.41. The molecule has 3 aromatic rings. The number of aryl methyl sites for hydroxylation is 3. The van der Waals surface area contributed by atoms with Crippen molar-refractivity contribution < 1.29 is 9.32 Å². The molecule has 0 saturated heterocycles. The average Bonchev–Trinajstić information content (AvgIpc) is 2.96. The van der Waals surface area contributed by atoms with Crippen molar-refractivity contribution in [3.05, 3.63) is 56.8 Å². The summed E-state index contributed by atoms with van der Waals surface area (Å²) in [5, 5.41) is 7.52. The van der Waals surface area contributed by atoms with Gasteiger partial charge in [-0.2, -0.15) is 0 Å². The van der Waals surface area contributed by atoms with Crippen LogP contribution in [0.25, 0.3) is 11.1 Å². The third-order valence-electron chi connectivity index (χ3n) is 4.07. The van der Waals surface area contributed by atoms with Gasteiger partial charge in [-0.15, -0.1) is 0 Å². The Morgan fingerprint density at radius 3 is 2.84 bits per heavy atom. The van der Waals surface area contributed by atoms with Crippen molar-refractivity contribution in [3.63, 3.8) is 0 Å². The van der Waals surface area contributed by atoms with Gasteiger partial charge in [0.2, 0.25) is 0 Å². The summed E-state index contributed by atoms with van der Waals surface area (Å²) in [6.45, 7) is 5.88. The fourth-order valence-electron chi connectivity index (χ4n) is 2.79. The summed E-state index contributed by atoms with van der Waals surface area (Å²) >= 11 is 0. The topological polar surface area (TPSA) is 101 Å². The third kappa shape index (κ3) is 3.45. The number of aromatic amines is 1. The van der Waals surface area contributed by atoms with Gasteiger partial charge in [-0.05, 0) is 38.0 Å². The molecule has 0 bridgehead atoms. The van der Waals surface area contributed by atoms with Gasteiger partial charge in [0.15, 0.2) is 0 Å². The summed E-state index contributed by atoms with van der Waals surface area (Å²) in [5.41, 5.74) is 3.63. The first-order valence-electron chi connectivity index (χ1n) is 8.21. The van der Waals surface area contributed by atoms with Gasteiger partial charge in [0, 0.05) is 24.0 Å². The van der Waals surface area contributed by atoms with E-state index in [4.69, 9.17) is 4.52 Å². The van der Waals surface area contributed by atoms with Crippen molar-refractivity contribution in [3.8, 4) is 0 Å². The maximum atomic E-state index is 12.4. The third-order valence-corrected chi connectivity index (χ3v) is 4.07. The number of carbonyl (C=O) groups excluding carboxylic acids is 1. The van der Waals surface area contributed by atoms with E-state index >= 15 is 0 Å². The molecule has 25 heavy (non-hydrogen) atoms. The van der Waals surface area contributed by atoms with Crippen LogP contribution in [-0.2, 0) is 13.0 Å². The summed E-state index contributed by atoms with van der Waals surface area (Å²) in [4.78, 5) is 31.3. The van der Waals surface area contributed by atoms with Crippen LogP contribution in [0.4, 0.5) is 0 Å². The maximum Gasteiger partial charge on any atom is 0.257 e. The number of hydrogen-bond donors (Lipinski definition) is 2. The molecule has 0 spiro atoms.